The third-order valence-corrected chi connectivity index (χ3v) is 7.93. The molecule has 2 aliphatic rings. The van der Waals surface area contributed by atoms with Crippen LogP contribution in [-0.4, -0.2) is 60.4 Å². The first-order valence-corrected chi connectivity index (χ1v) is 13.3. The molecule has 37 heavy (non-hydrogen) atoms. The number of carbonyl (C=O) groups is 3. The molecule has 7 heteroatoms. The molecule has 7 nitrogen and oxygen atoms in total. The van der Waals surface area contributed by atoms with Gasteiger partial charge in [0.1, 0.15) is 6.04 Å². The van der Waals surface area contributed by atoms with Crippen molar-refractivity contribution in [2.45, 2.75) is 71.1 Å². The number of nitrogens with zero attached hydrogens (tertiary/aromatic N) is 1. The highest BCUT2D eigenvalue weighted by Crippen LogP contribution is 2.39. The second-order valence-corrected chi connectivity index (χ2v) is 11.5. The third kappa shape index (κ3) is 5.72. The Kier molecular flexibility index (Phi) is 8.02. The molecule has 0 spiro atoms. The molecule has 1 aliphatic carbocycles. The van der Waals surface area contributed by atoms with E-state index < -0.39 is 17.5 Å². The molecule has 3 N–H and O–H groups in total. The van der Waals surface area contributed by atoms with Crippen LogP contribution in [-0.2, 0) is 9.59 Å². The van der Waals surface area contributed by atoms with Crippen LogP contribution in [0.1, 0.15) is 57.3 Å². The maximum Gasteiger partial charge on any atom is 0.252 e. The maximum absolute atomic E-state index is 13.9. The van der Waals surface area contributed by atoms with E-state index in [1.807, 2.05) is 80.3 Å². The number of likely N-dealkylation sites (tertiary alicyclic amines) is 1. The van der Waals surface area contributed by atoms with Gasteiger partial charge in [-0.15, -0.1) is 0 Å². The molecule has 0 aromatic heterocycles. The number of benzene rings is 2. The summed E-state index contributed by atoms with van der Waals surface area (Å²) in [5.41, 5.74) is 2.07. The van der Waals surface area contributed by atoms with E-state index in [0.717, 1.165) is 30.4 Å². The number of amides is 3. The first kappa shape index (κ1) is 26.9. The van der Waals surface area contributed by atoms with Gasteiger partial charge in [0.25, 0.3) is 5.91 Å². The SMILES string of the molecule is CN[C@@H](C)C(=O)NC(C(=O)N1CCC2CCC(NC(=O)c3ccccc3-c3ccccc3)C21)C(C)(C)C. The van der Waals surface area contributed by atoms with Crippen LogP contribution in [0.4, 0.5) is 0 Å². The Hall–Kier alpha value is -3.19. The summed E-state index contributed by atoms with van der Waals surface area (Å²) in [5.74, 6) is -0.0260. The van der Waals surface area contributed by atoms with Crippen LogP contribution < -0.4 is 16.0 Å². The fourth-order valence-electron chi connectivity index (χ4n) is 5.73. The lowest BCUT2D eigenvalue weighted by molar-refractivity contribution is -0.141. The monoisotopic (exact) mass is 504 g/mol. The van der Waals surface area contributed by atoms with Crippen LogP contribution in [0.5, 0.6) is 0 Å². The summed E-state index contributed by atoms with van der Waals surface area (Å²) < 4.78 is 0. The van der Waals surface area contributed by atoms with Gasteiger partial charge in [0.15, 0.2) is 0 Å². The molecule has 4 unspecified atom stereocenters. The Balaban J connectivity index is 1.54. The second kappa shape index (κ2) is 11.1. The molecule has 3 amide bonds. The van der Waals surface area contributed by atoms with Crippen LogP contribution in [0.15, 0.2) is 54.6 Å². The summed E-state index contributed by atoms with van der Waals surface area (Å²) in [4.78, 5) is 42.0. The fraction of sp³-hybridized carbons (Fsp3) is 0.500. The highest BCUT2D eigenvalue weighted by atomic mass is 16.2. The minimum absolute atomic E-state index is 0.0659. The minimum Gasteiger partial charge on any atom is -0.347 e. The zero-order chi connectivity index (χ0) is 26.7. The summed E-state index contributed by atoms with van der Waals surface area (Å²) in [7, 11) is 1.73. The summed E-state index contributed by atoms with van der Waals surface area (Å²) in [6, 6.07) is 16.3. The standard InChI is InChI=1S/C30H40N4O3/c1-19(31-5)27(35)33-26(30(2,3)4)29(37)34-18-17-21-15-16-24(25(21)34)32-28(36)23-14-10-9-13-22(23)20-11-7-6-8-12-20/h6-14,19,21,24-26,31H,15-18H2,1-5H3,(H,32,36)(H,33,35)/t19-,21?,24?,25?,26?/m0/s1. The minimum atomic E-state index is -0.648. The molecule has 4 rings (SSSR count). The van der Waals surface area contributed by atoms with Gasteiger partial charge < -0.3 is 20.9 Å². The number of likely N-dealkylation sites (N-methyl/N-ethyl adjacent to an activating group) is 1. The largest absolute Gasteiger partial charge is 0.347 e. The Labute approximate surface area is 220 Å². The van der Waals surface area contributed by atoms with E-state index in [0.29, 0.717) is 18.0 Å². The van der Waals surface area contributed by atoms with E-state index in [1.54, 1.807) is 14.0 Å². The zero-order valence-corrected chi connectivity index (χ0v) is 22.6. The van der Waals surface area contributed by atoms with Crippen molar-refractivity contribution in [1.82, 2.24) is 20.9 Å². The van der Waals surface area contributed by atoms with Crippen molar-refractivity contribution in [3.63, 3.8) is 0 Å². The highest BCUT2D eigenvalue weighted by Gasteiger charge is 2.49. The molecular weight excluding hydrogens is 464 g/mol. The van der Waals surface area contributed by atoms with Gasteiger partial charge in [-0.05, 0) is 61.8 Å². The van der Waals surface area contributed by atoms with Crippen LogP contribution in [0.25, 0.3) is 11.1 Å². The quantitative estimate of drug-likeness (QED) is 0.537. The molecule has 198 valence electrons. The average molecular weight is 505 g/mol. The van der Waals surface area contributed by atoms with E-state index in [2.05, 4.69) is 16.0 Å². The van der Waals surface area contributed by atoms with Crippen LogP contribution in [0, 0.1) is 11.3 Å². The van der Waals surface area contributed by atoms with Gasteiger partial charge in [-0.25, -0.2) is 0 Å². The zero-order valence-electron chi connectivity index (χ0n) is 22.6. The van der Waals surface area contributed by atoms with E-state index >= 15 is 0 Å². The van der Waals surface area contributed by atoms with Gasteiger partial charge in [0, 0.05) is 18.2 Å². The molecule has 5 atom stereocenters. The van der Waals surface area contributed by atoms with Gasteiger partial charge in [-0.2, -0.15) is 0 Å². The Morgan fingerprint density at radius 3 is 2.30 bits per heavy atom. The molecular formula is C30H40N4O3. The molecule has 2 aromatic rings. The molecule has 1 saturated carbocycles. The van der Waals surface area contributed by atoms with E-state index in [4.69, 9.17) is 0 Å². The van der Waals surface area contributed by atoms with Crippen LogP contribution in [0.3, 0.4) is 0 Å². The molecule has 1 heterocycles. The highest BCUT2D eigenvalue weighted by molar-refractivity contribution is 6.01. The first-order valence-electron chi connectivity index (χ1n) is 13.3. The van der Waals surface area contributed by atoms with E-state index in [9.17, 15) is 14.4 Å². The van der Waals surface area contributed by atoms with Gasteiger partial charge in [-0.3, -0.25) is 14.4 Å². The lowest BCUT2D eigenvalue weighted by Gasteiger charge is -2.38. The molecule has 2 aromatic carbocycles. The number of nitrogens with one attached hydrogen (secondary N) is 3. The number of rotatable bonds is 7. The van der Waals surface area contributed by atoms with Crippen molar-refractivity contribution in [2.24, 2.45) is 11.3 Å². The van der Waals surface area contributed by atoms with Gasteiger partial charge in [-0.1, -0.05) is 69.3 Å². The van der Waals surface area contributed by atoms with Crippen molar-refractivity contribution in [3.05, 3.63) is 60.2 Å². The number of hydrogen-bond acceptors (Lipinski definition) is 4. The Bertz CT molecular complexity index is 1130. The van der Waals surface area contributed by atoms with Gasteiger partial charge in [0.05, 0.1) is 12.1 Å². The van der Waals surface area contributed by atoms with Crippen molar-refractivity contribution in [1.29, 1.82) is 0 Å². The normalized spacial score (nSPS) is 22.7. The lowest BCUT2D eigenvalue weighted by Crippen LogP contribution is -2.60. The summed E-state index contributed by atoms with van der Waals surface area (Å²) in [6.45, 7) is 8.35. The van der Waals surface area contributed by atoms with Gasteiger partial charge >= 0.3 is 0 Å². The van der Waals surface area contributed by atoms with Crippen molar-refractivity contribution in [3.8, 4) is 11.1 Å². The van der Waals surface area contributed by atoms with Crippen molar-refractivity contribution < 1.29 is 14.4 Å². The van der Waals surface area contributed by atoms with E-state index in [-0.39, 0.29) is 29.8 Å². The molecule has 0 bridgehead atoms. The van der Waals surface area contributed by atoms with E-state index in [1.165, 1.54) is 0 Å². The smallest absolute Gasteiger partial charge is 0.252 e. The fourth-order valence-corrected chi connectivity index (χ4v) is 5.73. The third-order valence-electron chi connectivity index (χ3n) is 7.93. The van der Waals surface area contributed by atoms with Gasteiger partial charge in [0.2, 0.25) is 11.8 Å². The molecule has 2 fully saturated rings. The molecule has 1 saturated heterocycles. The Morgan fingerprint density at radius 2 is 1.62 bits per heavy atom. The average Bonchev–Trinajstić information content (AvgIpc) is 3.49. The first-order chi connectivity index (χ1) is 17.6. The predicted molar refractivity (Wildman–Crippen MR) is 146 cm³/mol. The summed E-state index contributed by atoms with van der Waals surface area (Å²) >= 11 is 0. The Morgan fingerprint density at radius 1 is 0.946 bits per heavy atom. The van der Waals surface area contributed by atoms with Crippen LogP contribution in [0.2, 0.25) is 0 Å². The maximum atomic E-state index is 13.9. The number of fused-ring (bicyclic) bond motifs is 1. The predicted octanol–water partition coefficient (Wildman–Crippen LogP) is 3.60. The number of carbonyl (C=O) groups excluding carboxylic acids is 3. The molecule has 1 aliphatic heterocycles. The van der Waals surface area contributed by atoms with Crippen molar-refractivity contribution >= 4 is 17.7 Å². The summed E-state index contributed by atoms with van der Waals surface area (Å²) in [5, 5.41) is 9.21. The topological polar surface area (TPSA) is 90.5 Å². The van der Waals surface area contributed by atoms with Crippen molar-refractivity contribution in [2.75, 3.05) is 13.6 Å². The van der Waals surface area contributed by atoms with Crippen LogP contribution >= 0.6 is 0 Å². The molecule has 0 radical (unpaired) electrons. The second-order valence-electron chi connectivity index (χ2n) is 11.5. The summed E-state index contributed by atoms with van der Waals surface area (Å²) in [6.07, 6.45) is 2.73. The lowest BCUT2D eigenvalue weighted by atomic mass is 9.85. The number of hydrogen-bond donors (Lipinski definition) is 3.